The number of carbonyl (C=O) groups is 1. The van der Waals surface area contributed by atoms with E-state index in [0.717, 1.165) is 31.5 Å². The van der Waals surface area contributed by atoms with Gasteiger partial charge in [0.05, 0.1) is 0 Å². The van der Waals surface area contributed by atoms with Crippen LogP contribution in [0.15, 0.2) is 18.2 Å². The van der Waals surface area contributed by atoms with Crippen molar-refractivity contribution in [2.45, 2.75) is 45.8 Å². The van der Waals surface area contributed by atoms with Crippen molar-refractivity contribution in [2.24, 2.45) is 0 Å². The van der Waals surface area contributed by atoms with Crippen LogP contribution in [-0.2, 0) is 13.1 Å². The first kappa shape index (κ1) is 13.1. The number of nitrogens with one attached hydrogen (secondary N) is 1. The van der Waals surface area contributed by atoms with Gasteiger partial charge >= 0.3 is 0 Å². The second kappa shape index (κ2) is 5.53. The summed E-state index contributed by atoms with van der Waals surface area (Å²) in [5.41, 5.74) is 3.39. The fourth-order valence-corrected chi connectivity index (χ4v) is 2.63. The number of benzene rings is 1. The summed E-state index contributed by atoms with van der Waals surface area (Å²) in [6.45, 7) is 6.06. The molecule has 0 aliphatic carbocycles. The molecule has 0 saturated heterocycles. The normalized spacial score (nSPS) is 13.8. The summed E-state index contributed by atoms with van der Waals surface area (Å²) in [4.78, 5) is 14.3. The zero-order chi connectivity index (χ0) is 13.1. The third-order valence-electron chi connectivity index (χ3n) is 3.89. The molecule has 1 amide bonds. The number of carbonyl (C=O) groups excluding carboxylic acids is 1. The fourth-order valence-electron chi connectivity index (χ4n) is 2.63. The molecule has 1 N–H and O–H groups in total. The Hall–Kier alpha value is -1.35. The number of hydrogen-bond acceptors (Lipinski definition) is 2. The van der Waals surface area contributed by atoms with Gasteiger partial charge in [0.1, 0.15) is 0 Å². The Bertz CT molecular complexity index is 438. The molecule has 1 heterocycles. The molecule has 18 heavy (non-hydrogen) atoms. The van der Waals surface area contributed by atoms with Gasteiger partial charge in [-0.05, 0) is 36.1 Å². The van der Waals surface area contributed by atoms with Crippen LogP contribution in [0.2, 0.25) is 0 Å². The molecule has 0 radical (unpaired) electrons. The molecule has 0 unspecified atom stereocenters. The maximum Gasteiger partial charge on any atom is 0.253 e. The predicted molar refractivity (Wildman–Crippen MR) is 73.4 cm³/mol. The lowest BCUT2D eigenvalue weighted by molar-refractivity contribution is 0.0723. The van der Waals surface area contributed by atoms with Crippen molar-refractivity contribution in [1.29, 1.82) is 0 Å². The van der Waals surface area contributed by atoms with Crippen molar-refractivity contribution < 1.29 is 4.79 Å². The number of fused-ring (bicyclic) bond motifs is 1. The second-order valence-corrected chi connectivity index (χ2v) is 4.97. The van der Waals surface area contributed by atoms with Crippen LogP contribution in [-0.4, -0.2) is 23.9 Å². The van der Waals surface area contributed by atoms with Crippen LogP contribution in [0, 0.1) is 0 Å². The Labute approximate surface area is 109 Å². The molecule has 2 rings (SSSR count). The summed E-state index contributed by atoms with van der Waals surface area (Å²) in [6, 6.07) is 6.40. The van der Waals surface area contributed by atoms with E-state index >= 15 is 0 Å². The molecule has 1 aliphatic heterocycles. The van der Waals surface area contributed by atoms with Crippen molar-refractivity contribution in [3.05, 3.63) is 34.9 Å². The van der Waals surface area contributed by atoms with Gasteiger partial charge in [-0.3, -0.25) is 4.79 Å². The first-order chi connectivity index (χ1) is 8.67. The molecule has 98 valence electrons. The maximum absolute atomic E-state index is 12.4. The van der Waals surface area contributed by atoms with E-state index < -0.39 is 0 Å². The number of nitrogens with zero attached hydrogens (tertiary/aromatic N) is 1. The predicted octanol–water partition coefficient (Wildman–Crippen LogP) is 2.55. The Morgan fingerprint density at radius 2 is 1.94 bits per heavy atom. The van der Waals surface area contributed by atoms with Gasteiger partial charge in [-0.2, -0.15) is 0 Å². The van der Waals surface area contributed by atoms with Crippen molar-refractivity contribution >= 4 is 5.91 Å². The summed E-state index contributed by atoms with van der Waals surface area (Å²) in [5, 5.41) is 3.30. The average molecular weight is 246 g/mol. The highest BCUT2D eigenvalue weighted by Crippen LogP contribution is 2.19. The summed E-state index contributed by atoms with van der Waals surface area (Å²) in [7, 11) is 1.91. The minimum absolute atomic E-state index is 0.137. The molecular weight excluding hydrogens is 224 g/mol. The molecule has 0 bridgehead atoms. The van der Waals surface area contributed by atoms with E-state index in [1.807, 2.05) is 24.1 Å². The zero-order valence-electron chi connectivity index (χ0n) is 11.5. The van der Waals surface area contributed by atoms with Crippen LogP contribution in [0.5, 0.6) is 0 Å². The van der Waals surface area contributed by atoms with E-state index in [9.17, 15) is 4.79 Å². The standard InChI is InChI=1S/C15H22N2O/c1-4-14(5-2)17(3)15(18)11-6-7-12-9-16-10-13(12)8-11/h6-8,14,16H,4-5,9-10H2,1-3H3. The van der Waals surface area contributed by atoms with E-state index in [0.29, 0.717) is 6.04 Å². The Morgan fingerprint density at radius 3 is 2.61 bits per heavy atom. The summed E-state index contributed by atoms with van der Waals surface area (Å²) in [5.74, 6) is 0.137. The Morgan fingerprint density at radius 1 is 1.28 bits per heavy atom. The van der Waals surface area contributed by atoms with Gasteiger partial charge in [0.25, 0.3) is 5.91 Å². The Kier molecular flexibility index (Phi) is 4.02. The molecular formula is C15H22N2O. The van der Waals surface area contributed by atoms with Crippen molar-refractivity contribution in [3.63, 3.8) is 0 Å². The van der Waals surface area contributed by atoms with Crippen LogP contribution in [0.25, 0.3) is 0 Å². The molecule has 1 aromatic carbocycles. The lowest BCUT2D eigenvalue weighted by atomic mass is 10.0. The largest absolute Gasteiger partial charge is 0.339 e. The average Bonchev–Trinajstić information content (AvgIpc) is 2.86. The summed E-state index contributed by atoms with van der Waals surface area (Å²) < 4.78 is 0. The lowest BCUT2D eigenvalue weighted by Gasteiger charge is -2.26. The van der Waals surface area contributed by atoms with Crippen LogP contribution in [0.1, 0.15) is 48.2 Å². The van der Waals surface area contributed by atoms with Gasteiger partial charge in [0, 0.05) is 31.7 Å². The molecule has 1 aliphatic rings. The quantitative estimate of drug-likeness (QED) is 0.885. The highest BCUT2D eigenvalue weighted by molar-refractivity contribution is 5.94. The van der Waals surface area contributed by atoms with Gasteiger partial charge in [-0.15, -0.1) is 0 Å². The van der Waals surface area contributed by atoms with Crippen LogP contribution in [0.3, 0.4) is 0 Å². The topological polar surface area (TPSA) is 32.3 Å². The van der Waals surface area contributed by atoms with Gasteiger partial charge in [-0.25, -0.2) is 0 Å². The molecule has 0 saturated carbocycles. The van der Waals surface area contributed by atoms with Gasteiger partial charge in [-0.1, -0.05) is 19.9 Å². The van der Waals surface area contributed by atoms with E-state index in [4.69, 9.17) is 0 Å². The SMILES string of the molecule is CCC(CC)N(C)C(=O)c1ccc2c(c1)CNC2. The lowest BCUT2D eigenvalue weighted by Crippen LogP contribution is -2.36. The first-order valence-electron chi connectivity index (χ1n) is 6.77. The van der Waals surface area contributed by atoms with E-state index in [-0.39, 0.29) is 5.91 Å². The van der Waals surface area contributed by atoms with Crippen LogP contribution >= 0.6 is 0 Å². The molecule has 1 aromatic rings. The molecule has 0 spiro atoms. The third kappa shape index (κ3) is 2.41. The minimum atomic E-state index is 0.137. The van der Waals surface area contributed by atoms with E-state index in [2.05, 4.69) is 25.2 Å². The highest BCUT2D eigenvalue weighted by Gasteiger charge is 2.20. The highest BCUT2D eigenvalue weighted by atomic mass is 16.2. The zero-order valence-corrected chi connectivity index (χ0v) is 11.5. The summed E-state index contributed by atoms with van der Waals surface area (Å²) in [6.07, 6.45) is 2.01. The van der Waals surface area contributed by atoms with Crippen LogP contribution < -0.4 is 5.32 Å². The molecule has 3 nitrogen and oxygen atoms in total. The maximum atomic E-state index is 12.4. The van der Waals surface area contributed by atoms with Gasteiger partial charge in [0.2, 0.25) is 0 Å². The fraction of sp³-hybridized carbons (Fsp3) is 0.533. The van der Waals surface area contributed by atoms with E-state index in [1.165, 1.54) is 11.1 Å². The summed E-state index contributed by atoms with van der Waals surface area (Å²) >= 11 is 0. The van der Waals surface area contributed by atoms with E-state index in [1.54, 1.807) is 0 Å². The first-order valence-corrected chi connectivity index (χ1v) is 6.77. The third-order valence-corrected chi connectivity index (χ3v) is 3.89. The molecule has 0 atom stereocenters. The Balaban J connectivity index is 2.18. The van der Waals surface area contributed by atoms with Crippen molar-refractivity contribution in [1.82, 2.24) is 10.2 Å². The number of amides is 1. The smallest absolute Gasteiger partial charge is 0.253 e. The van der Waals surface area contributed by atoms with Crippen molar-refractivity contribution in [3.8, 4) is 0 Å². The number of hydrogen-bond donors (Lipinski definition) is 1. The molecule has 0 fully saturated rings. The number of rotatable bonds is 4. The molecule has 0 aromatic heterocycles. The van der Waals surface area contributed by atoms with Gasteiger partial charge < -0.3 is 10.2 Å². The van der Waals surface area contributed by atoms with Gasteiger partial charge in [0.15, 0.2) is 0 Å². The van der Waals surface area contributed by atoms with Crippen molar-refractivity contribution in [2.75, 3.05) is 7.05 Å². The second-order valence-electron chi connectivity index (χ2n) is 4.97. The minimum Gasteiger partial charge on any atom is -0.339 e. The monoisotopic (exact) mass is 246 g/mol. The molecule has 3 heteroatoms. The van der Waals surface area contributed by atoms with Crippen LogP contribution in [0.4, 0.5) is 0 Å².